The average Bonchev–Trinajstić information content (AvgIpc) is 2.41. The number of fused-ring (bicyclic) bond motifs is 1. The molecule has 0 saturated carbocycles. The van der Waals surface area contributed by atoms with Gasteiger partial charge in [-0.15, -0.1) is 0 Å². The standard InChI is InChI=1S/C18H27NO2/c1-5-6-10-16(17(20)21)19-15-11-8-7-9-14(15)13(2)12-18(19,3)4/h7-9,11,13,16H,5-6,10,12H2,1-4H3,(H,20,21)/t13-,16-/m1/s1. The van der Waals surface area contributed by atoms with Crippen LogP contribution in [0.3, 0.4) is 0 Å². The zero-order valence-corrected chi connectivity index (χ0v) is 13.6. The van der Waals surface area contributed by atoms with Gasteiger partial charge in [0.1, 0.15) is 6.04 Å². The first kappa shape index (κ1) is 15.9. The topological polar surface area (TPSA) is 40.5 Å². The number of rotatable bonds is 5. The molecule has 0 amide bonds. The van der Waals surface area contributed by atoms with Gasteiger partial charge in [0.05, 0.1) is 0 Å². The zero-order valence-electron chi connectivity index (χ0n) is 13.6. The summed E-state index contributed by atoms with van der Waals surface area (Å²) in [6.45, 7) is 8.68. The zero-order chi connectivity index (χ0) is 15.6. The Hall–Kier alpha value is -1.51. The molecule has 0 radical (unpaired) electrons. The highest BCUT2D eigenvalue weighted by molar-refractivity contribution is 5.80. The van der Waals surface area contributed by atoms with Crippen molar-refractivity contribution in [3.05, 3.63) is 29.8 Å². The quantitative estimate of drug-likeness (QED) is 0.872. The first-order chi connectivity index (χ1) is 9.88. The van der Waals surface area contributed by atoms with Crippen LogP contribution >= 0.6 is 0 Å². The van der Waals surface area contributed by atoms with Gasteiger partial charge < -0.3 is 10.0 Å². The third kappa shape index (κ3) is 3.07. The molecule has 2 rings (SSSR count). The van der Waals surface area contributed by atoms with Crippen LogP contribution in [0, 0.1) is 0 Å². The SMILES string of the molecule is CCCC[C@H](C(=O)O)N1c2ccccc2[C@H](C)CC1(C)C. The molecule has 0 aromatic heterocycles. The Bertz CT molecular complexity index is 510. The van der Waals surface area contributed by atoms with E-state index in [1.807, 2.05) is 12.1 Å². The Morgan fingerprint density at radius 1 is 1.43 bits per heavy atom. The maximum Gasteiger partial charge on any atom is 0.326 e. The lowest BCUT2D eigenvalue weighted by atomic mass is 9.78. The van der Waals surface area contributed by atoms with Gasteiger partial charge in [-0.3, -0.25) is 0 Å². The highest BCUT2D eigenvalue weighted by atomic mass is 16.4. The highest BCUT2D eigenvalue weighted by Crippen LogP contribution is 2.44. The van der Waals surface area contributed by atoms with Crippen molar-refractivity contribution in [3.63, 3.8) is 0 Å². The van der Waals surface area contributed by atoms with E-state index >= 15 is 0 Å². The minimum Gasteiger partial charge on any atom is -0.480 e. The maximum absolute atomic E-state index is 11.8. The van der Waals surface area contributed by atoms with E-state index in [0.29, 0.717) is 12.3 Å². The van der Waals surface area contributed by atoms with E-state index in [0.717, 1.165) is 24.9 Å². The number of benzene rings is 1. The second-order valence-corrected chi connectivity index (χ2v) is 6.84. The molecule has 1 heterocycles. The first-order valence-electron chi connectivity index (χ1n) is 7.99. The number of carbonyl (C=O) groups is 1. The molecule has 21 heavy (non-hydrogen) atoms. The van der Waals surface area contributed by atoms with Crippen LogP contribution in [0.2, 0.25) is 0 Å². The molecule has 0 bridgehead atoms. The highest BCUT2D eigenvalue weighted by Gasteiger charge is 2.41. The van der Waals surface area contributed by atoms with Gasteiger partial charge in [-0.05, 0) is 44.2 Å². The summed E-state index contributed by atoms with van der Waals surface area (Å²) in [4.78, 5) is 14.0. The molecule has 0 saturated heterocycles. The molecular weight excluding hydrogens is 262 g/mol. The van der Waals surface area contributed by atoms with Crippen LogP contribution in [0.4, 0.5) is 5.69 Å². The molecule has 1 aromatic carbocycles. The largest absolute Gasteiger partial charge is 0.480 e. The molecule has 0 aliphatic carbocycles. The fourth-order valence-corrected chi connectivity index (χ4v) is 3.76. The fourth-order valence-electron chi connectivity index (χ4n) is 3.76. The second-order valence-electron chi connectivity index (χ2n) is 6.84. The lowest BCUT2D eigenvalue weighted by molar-refractivity contribution is -0.139. The summed E-state index contributed by atoms with van der Waals surface area (Å²) in [5.74, 6) is -0.242. The summed E-state index contributed by atoms with van der Waals surface area (Å²) in [7, 11) is 0. The van der Waals surface area contributed by atoms with Crippen molar-refractivity contribution in [3.8, 4) is 0 Å². The minimum absolute atomic E-state index is 0.134. The van der Waals surface area contributed by atoms with Crippen LogP contribution in [0.15, 0.2) is 24.3 Å². The molecule has 1 N–H and O–H groups in total. The molecule has 1 aliphatic heterocycles. The van der Waals surface area contributed by atoms with Gasteiger partial charge >= 0.3 is 5.97 Å². The van der Waals surface area contributed by atoms with Gasteiger partial charge in [0, 0.05) is 11.2 Å². The first-order valence-corrected chi connectivity index (χ1v) is 7.99. The number of hydrogen-bond donors (Lipinski definition) is 1. The van der Waals surface area contributed by atoms with Crippen molar-refractivity contribution >= 4 is 11.7 Å². The molecule has 0 unspecified atom stereocenters. The maximum atomic E-state index is 11.8. The Morgan fingerprint density at radius 3 is 2.71 bits per heavy atom. The number of carboxylic acids is 1. The molecular formula is C18H27NO2. The molecule has 116 valence electrons. The van der Waals surface area contributed by atoms with E-state index in [4.69, 9.17) is 0 Å². The second kappa shape index (κ2) is 6.08. The third-order valence-corrected chi connectivity index (χ3v) is 4.61. The number of aliphatic carboxylic acids is 1. The van der Waals surface area contributed by atoms with E-state index in [2.05, 4.69) is 44.7 Å². The van der Waals surface area contributed by atoms with E-state index in [1.54, 1.807) is 0 Å². The van der Waals surface area contributed by atoms with Gasteiger partial charge in [0.25, 0.3) is 0 Å². The summed E-state index contributed by atoms with van der Waals surface area (Å²) in [5, 5.41) is 9.73. The van der Waals surface area contributed by atoms with E-state index in [1.165, 1.54) is 5.56 Å². The van der Waals surface area contributed by atoms with Crippen molar-refractivity contribution in [2.75, 3.05) is 4.90 Å². The van der Waals surface area contributed by atoms with Crippen molar-refractivity contribution in [2.24, 2.45) is 0 Å². The molecule has 0 spiro atoms. The van der Waals surface area contributed by atoms with Crippen molar-refractivity contribution in [1.82, 2.24) is 0 Å². The number of para-hydroxylation sites is 1. The van der Waals surface area contributed by atoms with Gasteiger partial charge in [-0.25, -0.2) is 4.79 Å². The van der Waals surface area contributed by atoms with Crippen molar-refractivity contribution < 1.29 is 9.90 Å². The van der Waals surface area contributed by atoms with Gasteiger partial charge in [0.2, 0.25) is 0 Å². The number of carboxylic acid groups (broad SMARTS) is 1. The van der Waals surface area contributed by atoms with E-state index in [9.17, 15) is 9.90 Å². The van der Waals surface area contributed by atoms with E-state index < -0.39 is 12.0 Å². The summed E-state index contributed by atoms with van der Waals surface area (Å²) in [6, 6.07) is 7.84. The normalized spacial score (nSPS) is 21.7. The number of hydrogen-bond acceptors (Lipinski definition) is 2. The van der Waals surface area contributed by atoms with Crippen LogP contribution in [0.5, 0.6) is 0 Å². The number of anilines is 1. The summed E-state index contributed by atoms with van der Waals surface area (Å²) < 4.78 is 0. The van der Waals surface area contributed by atoms with Crippen molar-refractivity contribution in [2.45, 2.75) is 70.9 Å². The molecule has 0 fully saturated rings. The molecule has 1 aliphatic rings. The summed E-state index contributed by atoms with van der Waals surface area (Å²) in [5.41, 5.74) is 2.24. The number of nitrogens with zero attached hydrogens (tertiary/aromatic N) is 1. The van der Waals surface area contributed by atoms with E-state index in [-0.39, 0.29) is 5.54 Å². The van der Waals surface area contributed by atoms with Crippen LogP contribution < -0.4 is 4.90 Å². The van der Waals surface area contributed by atoms with Crippen LogP contribution in [-0.4, -0.2) is 22.7 Å². The van der Waals surface area contributed by atoms with Gasteiger partial charge in [0.15, 0.2) is 0 Å². The Balaban J connectivity index is 2.47. The molecule has 3 nitrogen and oxygen atoms in total. The lowest BCUT2D eigenvalue weighted by Crippen LogP contribution is -2.56. The molecule has 2 atom stereocenters. The van der Waals surface area contributed by atoms with Crippen LogP contribution in [-0.2, 0) is 4.79 Å². The van der Waals surface area contributed by atoms with Crippen molar-refractivity contribution in [1.29, 1.82) is 0 Å². The Kier molecular flexibility index (Phi) is 4.60. The smallest absolute Gasteiger partial charge is 0.326 e. The summed E-state index contributed by atoms with van der Waals surface area (Å²) in [6.07, 6.45) is 3.66. The monoisotopic (exact) mass is 289 g/mol. The predicted octanol–water partition coefficient (Wildman–Crippen LogP) is 4.42. The number of unbranched alkanes of at least 4 members (excludes halogenated alkanes) is 1. The van der Waals surface area contributed by atoms with Crippen LogP contribution in [0.1, 0.15) is 64.9 Å². The summed E-state index contributed by atoms with van der Waals surface area (Å²) >= 11 is 0. The Morgan fingerprint density at radius 2 is 2.10 bits per heavy atom. The minimum atomic E-state index is -0.708. The van der Waals surface area contributed by atoms with Gasteiger partial charge in [-0.2, -0.15) is 0 Å². The average molecular weight is 289 g/mol. The third-order valence-electron chi connectivity index (χ3n) is 4.61. The van der Waals surface area contributed by atoms with Crippen LogP contribution in [0.25, 0.3) is 0 Å². The fraction of sp³-hybridized carbons (Fsp3) is 0.611. The lowest BCUT2D eigenvalue weighted by Gasteiger charge is -2.50. The Labute approximate surface area is 128 Å². The molecule has 3 heteroatoms. The predicted molar refractivity (Wildman–Crippen MR) is 87.0 cm³/mol. The molecule has 1 aromatic rings. The van der Waals surface area contributed by atoms with Gasteiger partial charge in [-0.1, -0.05) is 44.9 Å².